The number of aromatic amines is 1. The average molecular weight is 658 g/mol. The van der Waals surface area contributed by atoms with Gasteiger partial charge in [0.25, 0.3) is 0 Å². The highest BCUT2D eigenvalue weighted by Crippen LogP contribution is 2.59. The monoisotopic (exact) mass is 657 g/mol. The molecule has 8 rings (SSSR count). The largest absolute Gasteiger partial charge is 0.356 e. The van der Waals surface area contributed by atoms with Crippen LogP contribution in [0.1, 0.15) is 95.4 Å². The van der Waals surface area contributed by atoms with Gasteiger partial charge in [-0.25, -0.2) is 0 Å². The first kappa shape index (κ1) is 33.2. The van der Waals surface area contributed by atoms with Crippen LogP contribution in [0.25, 0.3) is 10.9 Å². The number of carbonyl (C=O) groups is 4. The lowest BCUT2D eigenvalue weighted by atomic mass is 9.49. The van der Waals surface area contributed by atoms with Crippen LogP contribution in [0.15, 0.2) is 18.2 Å². The van der Waals surface area contributed by atoms with Crippen molar-refractivity contribution < 1.29 is 19.2 Å². The van der Waals surface area contributed by atoms with Gasteiger partial charge >= 0.3 is 0 Å². The Balaban J connectivity index is 1.14. The van der Waals surface area contributed by atoms with Gasteiger partial charge < -0.3 is 25.0 Å². The van der Waals surface area contributed by atoms with Gasteiger partial charge in [0.15, 0.2) is 0 Å². The third-order valence-corrected chi connectivity index (χ3v) is 13.2. The van der Waals surface area contributed by atoms with Crippen molar-refractivity contribution in [2.75, 3.05) is 40.3 Å². The zero-order valence-corrected chi connectivity index (χ0v) is 29.7. The van der Waals surface area contributed by atoms with E-state index in [2.05, 4.69) is 35.4 Å². The number of hydrogen-bond donors (Lipinski definition) is 2. The Morgan fingerprint density at radius 1 is 1.00 bits per heavy atom. The summed E-state index contributed by atoms with van der Waals surface area (Å²) in [6.07, 6.45) is 10.1. The molecule has 6 aliphatic rings. The summed E-state index contributed by atoms with van der Waals surface area (Å²) in [5.74, 6) is 1.56. The molecule has 9 nitrogen and oxygen atoms in total. The Labute approximate surface area is 285 Å². The van der Waals surface area contributed by atoms with E-state index in [4.69, 9.17) is 0 Å². The molecule has 1 aromatic carbocycles. The number of amides is 4. The molecule has 3 atom stereocenters. The van der Waals surface area contributed by atoms with E-state index in [1.807, 2.05) is 23.6 Å². The number of aromatic nitrogens is 1. The number of aryl methyl sites for hydroxylation is 1. The number of piperidine rings is 1. The Bertz CT molecular complexity index is 1570. The molecule has 2 aliphatic heterocycles. The Hall–Kier alpha value is -3.36. The normalized spacial score (nSPS) is 31.8. The van der Waals surface area contributed by atoms with Gasteiger partial charge in [-0.2, -0.15) is 0 Å². The molecule has 9 heteroatoms. The van der Waals surface area contributed by atoms with Crippen molar-refractivity contribution in [3.8, 4) is 0 Å². The standard InChI is InChI=1S/C39H55N5O4/c1-6-43(7-2)37(48)31-18-28(19-33(45)40-23-39-20-25-14-26(21-39)16-27(15-25)22-39)36(47)44-13-12-30-29-10-8-24(9-11-34(46)42(4)5)17-32(29)41-35(30)38(31,44)3/h8,10,17,25-28,31,41H,6-7,9,11-16,18-23H2,1-5H3,(H,40,45)/t25?,26?,27?,28-,31-,38+,39?/m1/s1. The maximum absolute atomic E-state index is 14.4. The Morgan fingerprint density at radius 2 is 1.67 bits per heavy atom. The number of nitrogens with one attached hydrogen (secondary N) is 2. The molecule has 3 heterocycles. The summed E-state index contributed by atoms with van der Waals surface area (Å²) in [7, 11) is 3.55. The summed E-state index contributed by atoms with van der Waals surface area (Å²) >= 11 is 0. The fraction of sp³-hybridized carbons (Fsp3) is 0.692. The summed E-state index contributed by atoms with van der Waals surface area (Å²) in [6.45, 7) is 8.50. The zero-order valence-electron chi connectivity index (χ0n) is 29.7. The molecule has 2 aromatic rings. The summed E-state index contributed by atoms with van der Waals surface area (Å²) in [5.41, 5.74) is 3.54. The van der Waals surface area contributed by atoms with E-state index in [0.717, 1.165) is 52.0 Å². The van der Waals surface area contributed by atoms with Crippen LogP contribution < -0.4 is 5.32 Å². The van der Waals surface area contributed by atoms with Crippen molar-refractivity contribution in [2.45, 2.75) is 96.9 Å². The summed E-state index contributed by atoms with van der Waals surface area (Å²) in [5, 5.41) is 4.42. The number of hydrogen-bond acceptors (Lipinski definition) is 4. The van der Waals surface area contributed by atoms with Crippen LogP contribution in [0.5, 0.6) is 0 Å². The lowest BCUT2D eigenvalue weighted by Crippen LogP contribution is -2.64. The van der Waals surface area contributed by atoms with Gasteiger partial charge in [-0.05, 0) is 119 Å². The first-order valence-corrected chi connectivity index (χ1v) is 18.7. The first-order valence-electron chi connectivity index (χ1n) is 18.7. The summed E-state index contributed by atoms with van der Waals surface area (Å²) in [4.78, 5) is 63.7. The highest BCUT2D eigenvalue weighted by Gasteiger charge is 2.57. The summed E-state index contributed by atoms with van der Waals surface area (Å²) in [6, 6.07) is 6.34. The maximum atomic E-state index is 14.4. The van der Waals surface area contributed by atoms with Gasteiger partial charge in [0, 0.05) is 75.6 Å². The van der Waals surface area contributed by atoms with Crippen molar-refractivity contribution >= 4 is 34.5 Å². The molecule has 2 N–H and O–H groups in total. The highest BCUT2D eigenvalue weighted by molar-refractivity contribution is 5.93. The number of H-pyrrole nitrogens is 1. The van der Waals surface area contributed by atoms with Crippen LogP contribution in [0, 0.1) is 35.0 Å². The quantitative estimate of drug-likeness (QED) is 0.375. The van der Waals surface area contributed by atoms with E-state index in [1.54, 1.807) is 19.0 Å². The van der Waals surface area contributed by atoms with Gasteiger partial charge in [-0.1, -0.05) is 12.1 Å². The molecule has 260 valence electrons. The van der Waals surface area contributed by atoms with E-state index in [1.165, 1.54) is 38.5 Å². The fourth-order valence-electron chi connectivity index (χ4n) is 11.1. The van der Waals surface area contributed by atoms with Crippen molar-refractivity contribution in [3.05, 3.63) is 35.0 Å². The van der Waals surface area contributed by atoms with Crippen LogP contribution >= 0.6 is 0 Å². The first-order chi connectivity index (χ1) is 22.9. The number of nitrogens with zero attached hydrogens (tertiary/aromatic N) is 3. The maximum Gasteiger partial charge on any atom is 0.228 e. The summed E-state index contributed by atoms with van der Waals surface area (Å²) < 4.78 is 0. The molecular weight excluding hydrogens is 602 g/mol. The molecule has 4 amide bonds. The number of rotatable bonds is 10. The van der Waals surface area contributed by atoms with Crippen molar-refractivity contribution in [1.29, 1.82) is 0 Å². The van der Waals surface area contributed by atoms with E-state index in [-0.39, 0.29) is 35.5 Å². The zero-order chi connectivity index (χ0) is 34.0. The van der Waals surface area contributed by atoms with Crippen molar-refractivity contribution in [3.63, 3.8) is 0 Å². The van der Waals surface area contributed by atoms with Gasteiger partial charge in [0.05, 0.1) is 11.5 Å². The molecule has 0 radical (unpaired) electrons. The van der Waals surface area contributed by atoms with E-state index in [9.17, 15) is 19.2 Å². The van der Waals surface area contributed by atoms with E-state index >= 15 is 0 Å². The topological polar surface area (TPSA) is 106 Å². The lowest BCUT2D eigenvalue weighted by molar-refractivity contribution is -0.164. The molecule has 1 aromatic heterocycles. The predicted molar refractivity (Wildman–Crippen MR) is 186 cm³/mol. The van der Waals surface area contributed by atoms with Crippen LogP contribution in [0.3, 0.4) is 0 Å². The smallest absolute Gasteiger partial charge is 0.228 e. The average Bonchev–Trinajstić information content (AvgIpc) is 3.43. The second-order valence-electron chi connectivity index (χ2n) is 16.4. The third kappa shape index (κ3) is 5.63. The minimum Gasteiger partial charge on any atom is -0.356 e. The van der Waals surface area contributed by atoms with Crippen molar-refractivity contribution in [2.24, 2.45) is 35.0 Å². The van der Waals surface area contributed by atoms with Gasteiger partial charge in [-0.3, -0.25) is 19.2 Å². The molecular formula is C39H55N5O4. The fourth-order valence-corrected chi connectivity index (χ4v) is 11.1. The van der Waals surface area contributed by atoms with Gasteiger partial charge in [0.1, 0.15) is 0 Å². The minimum absolute atomic E-state index is 0.0155. The molecule has 48 heavy (non-hydrogen) atoms. The van der Waals surface area contributed by atoms with Crippen molar-refractivity contribution in [1.82, 2.24) is 25.0 Å². The van der Waals surface area contributed by atoms with Crippen LogP contribution in [-0.2, 0) is 37.6 Å². The van der Waals surface area contributed by atoms with Gasteiger partial charge in [-0.15, -0.1) is 0 Å². The lowest BCUT2D eigenvalue weighted by Gasteiger charge is -2.57. The predicted octanol–water partition coefficient (Wildman–Crippen LogP) is 5.02. The molecule has 0 unspecified atom stereocenters. The van der Waals surface area contributed by atoms with Crippen LogP contribution in [0.4, 0.5) is 0 Å². The van der Waals surface area contributed by atoms with Crippen LogP contribution in [0.2, 0.25) is 0 Å². The molecule has 4 saturated carbocycles. The van der Waals surface area contributed by atoms with E-state index < -0.39 is 17.4 Å². The van der Waals surface area contributed by atoms with Crippen LogP contribution in [-0.4, -0.2) is 83.6 Å². The second kappa shape index (κ2) is 12.5. The number of fused-ring (bicyclic) bond motifs is 5. The van der Waals surface area contributed by atoms with E-state index in [0.29, 0.717) is 45.3 Å². The third-order valence-electron chi connectivity index (χ3n) is 13.2. The highest BCUT2D eigenvalue weighted by atomic mass is 16.2. The second-order valence-corrected chi connectivity index (χ2v) is 16.4. The molecule has 4 aliphatic carbocycles. The SMILES string of the molecule is CCN(CC)C(=O)[C@H]1C[C@H](CC(=O)NCC23CC4CC(CC(C4)C2)C3)C(=O)N2CCc3c([nH]c4cc(CCC(=O)N(C)C)ccc34)[C@]12C. The molecule has 0 spiro atoms. The number of carbonyl (C=O) groups excluding carboxylic acids is 4. The Morgan fingerprint density at radius 3 is 2.29 bits per heavy atom. The van der Waals surface area contributed by atoms with Gasteiger partial charge in [0.2, 0.25) is 23.6 Å². The minimum atomic E-state index is -0.851. The molecule has 1 saturated heterocycles. The Kier molecular flexibility index (Phi) is 8.64. The molecule has 5 fully saturated rings. The number of benzene rings is 1. The molecule has 4 bridgehead atoms.